The molecule has 2 rings (SSSR count). The van der Waals surface area contributed by atoms with Crippen LogP contribution in [-0.2, 0) is 16.0 Å². The number of aliphatic carboxylic acids is 1. The highest BCUT2D eigenvalue weighted by Gasteiger charge is 2.41. The molecule has 2 heterocycles. The van der Waals surface area contributed by atoms with Gasteiger partial charge in [-0.15, -0.1) is 0 Å². The van der Waals surface area contributed by atoms with E-state index in [4.69, 9.17) is 4.74 Å². The van der Waals surface area contributed by atoms with Gasteiger partial charge in [-0.1, -0.05) is 10.3 Å². The van der Waals surface area contributed by atoms with Crippen molar-refractivity contribution in [2.45, 2.75) is 26.2 Å². The summed E-state index contributed by atoms with van der Waals surface area (Å²) >= 11 is 0. The zero-order valence-corrected chi connectivity index (χ0v) is 9.10. The zero-order chi connectivity index (χ0) is 11.6. The summed E-state index contributed by atoms with van der Waals surface area (Å²) in [4.78, 5) is 11.4. The first-order chi connectivity index (χ1) is 7.64. The second-order valence-electron chi connectivity index (χ2n) is 4.17. The Morgan fingerprint density at radius 2 is 2.12 bits per heavy atom. The Morgan fingerprint density at radius 3 is 2.62 bits per heavy atom. The average molecular weight is 226 g/mol. The smallest absolute Gasteiger partial charge is 0.310 e. The van der Waals surface area contributed by atoms with Crippen molar-refractivity contribution in [1.29, 1.82) is 0 Å². The van der Waals surface area contributed by atoms with Crippen LogP contribution in [0.1, 0.15) is 24.2 Å². The molecule has 16 heavy (non-hydrogen) atoms. The largest absolute Gasteiger partial charge is 0.481 e. The molecule has 0 amide bonds. The fourth-order valence-electron chi connectivity index (χ4n) is 1.96. The van der Waals surface area contributed by atoms with E-state index in [1.165, 1.54) is 0 Å². The van der Waals surface area contributed by atoms with E-state index in [2.05, 4.69) is 14.9 Å². The van der Waals surface area contributed by atoms with Crippen molar-refractivity contribution in [3.63, 3.8) is 0 Å². The number of hydrogen-bond donors (Lipinski definition) is 1. The Hall–Kier alpha value is -1.43. The van der Waals surface area contributed by atoms with E-state index in [1.54, 1.807) is 6.92 Å². The predicted octanol–water partition coefficient (Wildman–Crippen LogP) is 0.802. The standard InChI is InChI=1S/C10H14N2O4/c1-7-8(12-16-11-7)6-10(9(13)14)2-4-15-5-3-10/h2-6H2,1H3,(H,13,14). The van der Waals surface area contributed by atoms with Gasteiger partial charge in [0.05, 0.1) is 5.41 Å². The van der Waals surface area contributed by atoms with E-state index in [0.717, 1.165) is 0 Å². The maximum absolute atomic E-state index is 11.4. The highest BCUT2D eigenvalue weighted by atomic mass is 16.6. The fraction of sp³-hybridized carbons (Fsp3) is 0.700. The van der Waals surface area contributed by atoms with Crippen LogP contribution in [0.25, 0.3) is 0 Å². The molecule has 6 nitrogen and oxygen atoms in total. The van der Waals surface area contributed by atoms with E-state index in [-0.39, 0.29) is 0 Å². The molecule has 0 unspecified atom stereocenters. The minimum absolute atomic E-state index is 0.362. The van der Waals surface area contributed by atoms with Crippen molar-refractivity contribution in [1.82, 2.24) is 10.3 Å². The number of hydrogen-bond acceptors (Lipinski definition) is 5. The van der Waals surface area contributed by atoms with E-state index < -0.39 is 11.4 Å². The topological polar surface area (TPSA) is 85.5 Å². The number of rotatable bonds is 3. The molecule has 0 radical (unpaired) electrons. The molecule has 1 aliphatic heterocycles. The van der Waals surface area contributed by atoms with Crippen molar-refractivity contribution in [2.24, 2.45) is 5.41 Å². The lowest BCUT2D eigenvalue weighted by Crippen LogP contribution is -2.39. The summed E-state index contributed by atoms with van der Waals surface area (Å²) in [5.74, 6) is -0.793. The summed E-state index contributed by atoms with van der Waals surface area (Å²) in [6.07, 6.45) is 1.38. The second-order valence-corrected chi connectivity index (χ2v) is 4.17. The lowest BCUT2D eigenvalue weighted by atomic mass is 9.76. The molecule has 0 spiro atoms. The third-order valence-corrected chi connectivity index (χ3v) is 3.16. The lowest BCUT2D eigenvalue weighted by Gasteiger charge is -2.32. The Bertz CT molecular complexity index is 382. The molecule has 1 aliphatic rings. The molecular weight excluding hydrogens is 212 g/mol. The van der Waals surface area contributed by atoms with Crippen LogP contribution in [0.15, 0.2) is 4.63 Å². The zero-order valence-electron chi connectivity index (χ0n) is 9.10. The van der Waals surface area contributed by atoms with Gasteiger partial charge in [0, 0.05) is 19.6 Å². The van der Waals surface area contributed by atoms with Crippen LogP contribution in [-0.4, -0.2) is 34.6 Å². The highest BCUT2D eigenvalue weighted by molar-refractivity contribution is 5.75. The van der Waals surface area contributed by atoms with Gasteiger partial charge in [-0.25, -0.2) is 4.63 Å². The maximum Gasteiger partial charge on any atom is 0.310 e. The van der Waals surface area contributed by atoms with Crippen LogP contribution in [0, 0.1) is 12.3 Å². The number of carboxylic acids is 1. The second kappa shape index (κ2) is 4.21. The summed E-state index contributed by atoms with van der Waals surface area (Å²) < 4.78 is 9.79. The molecule has 0 bridgehead atoms. The van der Waals surface area contributed by atoms with Gasteiger partial charge in [0.25, 0.3) is 0 Å². The molecule has 0 aromatic carbocycles. The van der Waals surface area contributed by atoms with Crippen molar-refractivity contribution in [2.75, 3.05) is 13.2 Å². The third kappa shape index (κ3) is 1.92. The number of carbonyl (C=O) groups is 1. The molecule has 0 saturated carbocycles. The van der Waals surface area contributed by atoms with Gasteiger partial charge in [-0.3, -0.25) is 4.79 Å². The normalized spacial score (nSPS) is 19.6. The molecule has 1 saturated heterocycles. The number of ether oxygens (including phenoxy) is 1. The molecule has 6 heteroatoms. The maximum atomic E-state index is 11.4. The van der Waals surface area contributed by atoms with E-state index in [0.29, 0.717) is 43.9 Å². The van der Waals surface area contributed by atoms with Crippen LogP contribution in [0.4, 0.5) is 0 Å². The Morgan fingerprint density at radius 1 is 1.44 bits per heavy atom. The Labute approximate surface area is 92.6 Å². The summed E-state index contributed by atoms with van der Waals surface area (Å²) in [7, 11) is 0. The molecule has 88 valence electrons. The molecule has 1 aromatic heterocycles. The van der Waals surface area contributed by atoms with Gasteiger partial charge in [-0.2, -0.15) is 0 Å². The van der Waals surface area contributed by atoms with Crippen LogP contribution >= 0.6 is 0 Å². The van der Waals surface area contributed by atoms with Gasteiger partial charge in [0.2, 0.25) is 0 Å². The first-order valence-electron chi connectivity index (χ1n) is 5.23. The van der Waals surface area contributed by atoms with Crippen molar-refractivity contribution in [3.05, 3.63) is 11.4 Å². The predicted molar refractivity (Wildman–Crippen MR) is 52.9 cm³/mol. The SMILES string of the molecule is Cc1nonc1CC1(C(=O)O)CCOCC1. The Kier molecular flexibility index (Phi) is 2.91. The third-order valence-electron chi connectivity index (χ3n) is 3.16. The number of aryl methyl sites for hydroxylation is 1. The highest BCUT2D eigenvalue weighted by Crippen LogP contribution is 2.34. The molecule has 0 atom stereocenters. The van der Waals surface area contributed by atoms with Crippen LogP contribution < -0.4 is 0 Å². The van der Waals surface area contributed by atoms with E-state index >= 15 is 0 Å². The quantitative estimate of drug-likeness (QED) is 0.820. The first kappa shape index (κ1) is 11.1. The average Bonchev–Trinajstić information content (AvgIpc) is 2.65. The van der Waals surface area contributed by atoms with E-state index in [1.807, 2.05) is 0 Å². The van der Waals surface area contributed by atoms with Gasteiger partial charge in [0.15, 0.2) is 0 Å². The van der Waals surface area contributed by atoms with Gasteiger partial charge in [0.1, 0.15) is 11.4 Å². The molecular formula is C10H14N2O4. The summed E-state index contributed by atoms with van der Waals surface area (Å²) in [6.45, 7) is 2.73. The summed E-state index contributed by atoms with van der Waals surface area (Å²) in [6, 6.07) is 0. The number of aromatic nitrogens is 2. The van der Waals surface area contributed by atoms with Crippen LogP contribution in [0.5, 0.6) is 0 Å². The number of carboxylic acid groups (broad SMARTS) is 1. The molecule has 0 aliphatic carbocycles. The fourth-order valence-corrected chi connectivity index (χ4v) is 1.96. The summed E-state index contributed by atoms with van der Waals surface area (Å²) in [5, 5.41) is 16.8. The van der Waals surface area contributed by atoms with Crippen LogP contribution in [0.3, 0.4) is 0 Å². The first-order valence-corrected chi connectivity index (χ1v) is 5.23. The van der Waals surface area contributed by atoms with Crippen LogP contribution in [0.2, 0.25) is 0 Å². The van der Waals surface area contributed by atoms with Crippen molar-refractivity contribution >= 4 is 5.97 Å². The molecule has 1 aromatic rings. The minimum Gasteiger partial charge on any atom is -0.481 e. The minimum atomic E-state index is -0.793. The van der Waals surface area contributed by atoms with Gasteiger partial charge < -0.3 is 9.84 Å². The number of nitrogens with zero attached hydrogens (tertiary/aromatic N) is 2. The van der Waals surface area contributed by atoms with Gasteiger partial charge >= 0.3 is 5.97 Å². The van der Waals surface area contributed by atoms with Crippen molar-refractivity contribution < 1.29 is 19.3 Å². The Balaban J connectivity index is 2.20. The van der Waals surface area contributed by atoms with E-state index in [9.17, 15) is 9.90 Å². The monoisotopic (exact) mass is 226 g/mol. The lowest BCUT2D eigenvalue weighted by molar-refractivity contribution is -0.154. The van der Waals surface area contributed by atoms with Gasteiger partial charge in [-0.05, 0) is 19.8 Å². The molecule has 1 fully saturated rings. The molecule has 1 N–H and O–H groups in total. The summed E-state index contributed by atoms with van der Waals surface area (Å²) in [5.41, 5.74) is 0.512. The van der Waals surface area contributed by atoms with Crippen molar-refractivity contribution in [3.8, 4) is 0 Å².